The highest BCUT2D eigenvalue weighted by Crippen LogP contribution is 2.09. The lowest BCUT2D eigenvalue weighted by molar-refractivity contribution is 0.537. The van der Waals surface area contributed by atoms with Crippen LogP contribution in [0.25, 0.3) is 10.9 Å². The number of rotatable bonds is 5. The van der Waals surface area contributed by atoms with E-state index in [-0.39, 0.29) is 5.56 Å². The molecule has 0 aliphatic rings. The Balaban J connectivity index is 2.08. The van der Waals surface area contributed by atoms with Crippen LogP contribution >= 0.6 is 0 Å². The molecule has 1 heterocycles. The third-order valence-corrected chi connectivity index (χ3v) is 3.04. The summed E-state index contributed by atoms with van der Waals surface area (Å²) in [6, 6.07) is 9.82. The summed E-state index contributed by atoms with van der Waals surface area (Å²) in [6.07, 6.45) is 1.13. The first-order chi connectivity index (χ1) is 8.66. The van der Waals surface area contributed by atoms with Crippen LogP contribution in [-0.4, -0.2) is 11.5 Å². The van der Waals surface area contributed by atoms with Gasteiger partial charge in [0.2, 0.25) is 0 Å². The second kappa shape index (κ2) is 5.83. The van der Waals surface area contributed by atoms with Crippen LogP contribution in [0.2, 0.25) is 0 Å². The van der Waals surface area contributed by atoms with Crippen molar-refractivity contribution < 1.29 is 0 Å². The zero-order valence-corrected chi connectivity index (χ0v) is 11.0. The molecule has 0 atom stereocenters. The van der Waals surface area contributed by atoms with Crippen LogP contribution in [0.4, 0.5) is 0 Å². The van der Waals surface area contributed by atoms with Crippen molar-refractivity contribution in [2.75, 3.05) is 6.54 Å². The number of hydrogen-bond donors (Lipinski definition) is 2. The molecule has 0 amide bonds. The lowest BCUT2D eigenvalue weighted by atomic mass is 10.1. The lowest BCUT2D eigenvalue weighted by Crippen LogP contribution is -2.22. The van der Waals surface area contributed by atoms with Gasteiger partial charge in [-0.15, -0.1) is 0 Å². The van der Waals surface area contributed by atoms with Crippen LogP contribution < -0.4 is 10.9 Å². The molecular formula is C15H20N2O. The molecule has 3 heteroatoms. The van der Waals surface area contributed by atoms with Gasteiger partial charge < -0.3 is 10.3 Å². The molecule has 1 aromatic carbocycles. The summed E-state index contributed by atoms with van der Waals surface area (Å²) >= 11 is 0. The molecule has 3 nitrogen and oxygen atoms in total. The maximum Gasteiger partial charge on any atom is 0.252 e. The van der Waals surface area contributed by atoms with Crippen LogP contribution in [0, 0.1) is 5.92 Å². The highest BCUT2D eigenvalue weighted by atomic mass is 16.1. The average Bonchev–Trinajstić information content (AvgIpc) is 2.34. The van der Waals surface area contributed by atoms with Crippen LogP contribution in [0.1, 0.15) is 25.8 Å². The molecule has 0 fully saturated rings. The zero-order valence-electron chi connectivity index (χ0n) is 11.0. The van der Waals surface area contributed by atoms with Crippen molar-refractivity contribution in [3.63, 3.8) is 0 Å². The molecule has 0 aliphatic carbocycles. The number of pyridine rings is 1. The maximum atomic E-state index is 11.9. The van der Waals surface area contributed by atoms with Gasteiger partial charge in [0.1, 0.15) is 0 Å². The minimum Gasteiger partial charge on any atom is -0.322 e. The Kier molecular flexibility index (Phi) is 4.15. The van der Waals surface area contributed by atoms with E-state index < -0.39 is 0 Å². The number of nitrogens with one attached hydrogen (secondary N) is 2. The Labute approximate surface area is 107 Å². The molecule has 0 saturated carbocycles. The van der Waals surface area contributed by atoms with Gasteiger partial charge in [0.15, 0.2) is 0 Å². The molecule has 1 aromatic heterocycles. The molecule has 2 rings (SSSR count). The number of aromatic amines is 1. The van der Waals surface area contributed by atoms with Gasteiger partial charge in [-0.1, -0.05) is 32.0 Å². The number of fused-ring (bicyclic) bond motifs is 1. The van der Waals surface area contributed by atoms with Gasteiger partial charge in [0, 0.05) is 17.6 Å². The van der Waals surface area contributed by atoms with E-state index in [4.69, 9.17) is 0 Å². The van der Waals surface area contributed by atoms with Crippen LogP contribution in [-0.2, 0) is 6.54 Å². The van der Waals surface area contributed by atoms with Crippen molar-refractivity contribution in [2.24, 2.45) is 5.92 Å². The summed E-state index contributed by atoms with van der Waals surface area (Å²) < 4.78 is 0. The average molecular weight is 244 g/mol. The normalized spacial score (nSPS) is 11.3. The van der Waals surface area contributed by atoms with E-state index in [0.717, 1.165) is 29.4 Å². The van der Waals surface area contributed by atoms with Crippen LogP contribution in [0.5, 0.6) is 0 Å². The predicted molar refractivity (Wildman–Crippen MR) is 75.7 cm³/mol. The molecule has 18 heavy (non-hydrogen) atoms. The van der Waals surface area contributed by atoms with E-state index in [0.29, 0.717) is 12.5 Å². The van der Waals surface area contributed by atoms with Gasteiger partial charge in [0.05, 0.1) is 0 Å². The van der Waals surface area contributed by atoms with Gasteiger partial charge in [-0.3, -0.25) is 4.79 Å². The van der Waals surface area contributed by atoms with E-state index in [1.165, 1.54) is 0 Å². The first kappa shape index (κ1) is 12.8. The molecule has 0 saturated heterocycles. The van der Waals surface area contributed by atoms with E-state index in [2.05, 4.69) is 24.1 Å². The fourth-order valence-electron chi connectivity index (χ4n) is 1.94. The van der Waals surface area contributed by atoms with Gasteiger partial charge in [-0.2, -0.15) is 0 Å². The highest BCUT2D eigenvalue weighted by molar-refractivity contribution is 5.78. The summed E-state index contributed by atoms with van der Waals surface area (Å²) in [6.45, 7) is 5.98. The first-order valence-corrected chi connectivity index (χ1v) is 6.48. The van der Waals surface area contributed by atoms with Crippen LogP contribution in [0.3, 0.4) is 0 Å². The summed E-state index contributed by atoms with van der Waals surface area (Å²) in [5.41, 5.74) is 1.71. The Hall–Kier alpha value is -1.61. The third kappa shape index (κ3) is 3.20. The SMILES string of the molecule is CC(C)CCNCc1cc2ccccc2[nH]c1=O. The minimum atomic E-state index is 0.00532. The standard InChI is InChI=1S/C15H20N2O/c1-11(2)7-8-16-10-13-9-12-5-3-4-6-14(12)17-15(13)18/h3-6,9,11,16H,7-8,10H2,1-2H3,(H,17,18). The molecule has 96 valence electrons. The van der Waals surface area contributed by atoms with E-state index >= 15 is 0 Å². The molecule has 2 N–H and O–H groups in total. The summed E-state index contributed by atoms with van der Waals surface area (Å²) in [7, 11) is 0. The van der Waals surface area contributed by atoms with Gasteiger partial charge >= 0.3 is 0 Å². The molecule has 0 bridgehead atoms. The molecular weight excluding hydrogens is 224 g/mol. The van der Waals surface area contributed by atoms with Crippen molar-refractivity contribution in [1.29, 1.82) is 0 Å². The Bertz CT molecular complexity index is 572. The van der Waals surface area contributed by atoms with Crippen molar-refractivity contribution in [2.45, 2.75) is 26.8 Å². The third-order valence-electron chi connectivity index (χ3n) is 3.04. The summed E-state index contributed by atoms with van der Waals surface area (Å²) in [5, 5.41) is 4.40. The van der Waals surface area contributed by atoms with Crippen molar-refractivity contribution in [3.05, 3.63) is 46.2 Å². The highest BCUT2D eigenvalue weighted by Gasteiger charge is 2.02. The van der Waals surface area contributed by atoms with Crippen molar-refractivity contribution in [1.82, 2.24) is 10.3 Å². The van der Waals surface area contributed by atoms with Gasteiger partial charge in [-0.25, -0.2) is 0 Å². The van der Waals surface area contributed by atoms with E-state index in [9.17, 15) is 4.79 Å². The van der Waals surface area contributed by atoms with Crippen LogP contribution in [0.15, 0.2) is 35.1 Å². The number of benzene rings is 1. The molecule has 0 unspecified atom stereocenters. The summed E-state index contributed by atoms with van der Waals surface area (Å²) in [5.74, 6) is 0.687. The van der Waals surface area contributed by atoms with Gasteiger partial charge in [-0.05, 0) is 36.4 Å². The van der Waals surface area contributed by atoms with Crippen molar-refractivity contribution in [3.8, 4) is 0 Å². The van der Waals surface area contributed by atoms with E-state index in [1.54, 1.807) is 0 Å². The minimum absolute atomic E-state index is 0.00532. The number of hydrogen-bond acceptors (Lipinski definition) is 2. The lowest BCUT2D eigenvalue weighted by Gasteiger charge is -2.07. The first-order valence-electron chi connectivity index (χ1n) is 6.48. The zero-order chi connectivity index (χ0) is 13.0. The monoisotopic (exact) mass is 244 g/mol. The predicted octanol–water partition coefficient (Wildman–Crippen LogP) is 2.66. The van der Waals surface area contributed by atoms with Crippen molar-refractivity contribution >= 4 is 10.9 Å². The smallest absolute Gasteiger partial charge is 0.252 e. The molecule has 0 spiro atoms. The molecule has 0 aliphatic heterocycles. The Morgan fingerprint density at radius 1 is 1.28 bits per heavy atom. The number of H-pyrrole nitrogens is 1. The second-order valence-corrected chi connectivity index (χ2v) is 5.07. The quantitative estimate of drug-likeness (QED) is 0.794. The number of para-hydroxylation sites is 1. The molecule has 2 aromatic rings. The second-order valence-electron chi connectivity index (χ2n) is 5.07. The number of aromatic nitrogens is 1. The fraction of sp³-hybridized carbons (Fsp3) is 0.400. The van der Waals surface area contributed by atoms with E-state index in [1.807, 2.05) is 30.3 Å². The summed E-state index contributed by atoms with van der Waals surface area (Å²) in [4.78, 5) is 14.8. The Morgan fingerprint density at radius 2 is 2.06 bits per heavy atom. The topological polar surface area (TPSA) is 44.9 Å². The fourth-order valence-corrected chi connectivity index (χ4v) is 1.94. The maximum absolute atomic E-state index is 11.9. The van der Waals surface area contributed by atoms with Gasteiger partial charge in [0.25, 0.3) is 5.56 Å². The molecule has 0 radical (unpaired) electrons. The largest absolute Gasteiger partial charge is 0.322 e. The Morgan fingerprint density at radius 3 is 2.83 bits per heavy atom.